The smallest absolute Gasteiger partial charge is 0.134 e. The van der Waals surface area contributed by atoms with Gasteiger partial charge in [-0.3, -0.25) is 0 Å². The van der Waals surface area contributed by atoms with Crippen LogP contribution in [0.4, 0.5) is 0 Å². The normalized spacial score (nSPS) is 24.5. The molecular weight excluding hydrogens is 234 g/mol. The molecule has 17 heavy (non-hydrogen) atoms. The van der Waals surface area contributed by atoms with Gasteiger partial charge < -0.3 is 9.73 Å². The van der Waals surface area contributed by atoms with Crippen molar-refractivity contribution in [2.24, 2.45) is 5.92 Å². The van der Waals surface area contributed by atoms with E-state index in [9.17, 15) is 0 Å². The van der Waals surface area contributed by atoms with Crippen molar-refractivity contribution in [3.63, 3.8) is 0 Å². The van der Waals surface area contributed by atoms with Crippen LogP contribution in [-0.2, 0) is 0 Å². The van der Waals surface area contributed by atoms with Crippen molar-refractivity contribution in [1.29, 1.82) is 0 Å². The summed E-state index contributed by atoms with van der Waals surface area (Å²) in [7, 11) is 0. The summed E-state index contributed by atoms with van der Waals surface area (Å²) in [4.78, 5) is 0. The maximum Gasteiger partial charge on any atom is 0.134 e. The summed E-state index contributed by atoms with van der Waals surface area (Å²) < 4.78 is 5.47. The average Bonchev–Trinajstić information content (AvgIpc) is 2.77. The molecule has 0 bridgehead atoms. The fourth-order valence-electron chi connectivity index (χ4n) is 2.82. The van der Waals surface area contributed by atoms with E-state index in [-0.39, 0.29) is 12.4 Å². The first-order valence-electron chi connectivity index (χ1n) is 6.03. The highest BCUT2D eigenvalue weighted by Gasteiger charge is 2.24. The number of furan rings is 1. The Hall–Kier alpha value is -0.990. The Labute approximate surface area is 108 Å². The topological polar surface area (TPSA) is 25.2 Å². The number of rotatable bonds is 1. The van der Waals surface area contributed by atoms with Crippen LogP contribution in [0.25, 0.3) is 11.0 Å². The highest BCUT2D eigenvalue weighted by atomic mass is 35.5. The van der Waals surface area contributed by atoms with Crippen molar-refractivity contribution in [2.75, 3.05) is 13.1 Å². The van der Waals surface area contributed by atoms with Gasteiger partial charge in [-0.1, -0.05) is 19.1 Å². The maximum absolute atomic E-state index is 5.47. The number of hydrogen-bond acceptors (Lipinski definition) is 2. The van der Waals surface area contributed by atoms with Crippen molar-refractivity contribution in [2.45, 2.75) is 19.3 Å². The number of fused-ring (bicyclic) bond motifs is 1. The maximum atomic E-state index is 5.47. The molecule has 2 atom stereocenters. The molecule has 0 saturated carbocycles. The van der Waals surface area contributed by atoms with Crippen molar-refractivity contribution >= 4 is 23.4 Å². The highest BCUT2D eigenvalue weighted by molar-refractivity contribution is 5.85. The zero-order valence-corrected chi connectivity index (χ0v) is 10.8. The van der Waals surface area contributed by atoms with Gasteiger partial charge in [0.25, 0.3) is 0 Å². The van der Waals surface area contributed by atoms with E-state index < -0.39 is 0 Å². The van der Waals surface area contributed by atoms with Gasteiger partial charge in [0.05, 0.1) is 6.26 Å². The third-order valence-corrected chi connectivity index (χ3v) is 3.71. The minimum atomic E-state index is 0. The van der Waals surface area contributed by atoms with Gasteiger partial charge in [0.1, 0.15) is 5.58 Å². The predicted molar refractivity (Wildman–Crippen MR) is 72.9 cm³/mol. The van der Waals surface area contributed by atoms with E-state index in [1.54, 1.807) is 6.26 Å². The van der Waals surface area contributed by atoms with E-state index in [1.165, 1.54) is 17.4 Å². The van der Waals surface area contributed by atoms with Gasteiger partial charge in [-0.25, -0.2) is 0 Å². The van der Waals surface area contributed by atoms with Crippen molar-refractivity contribution in [3.8, 4) is 0 Å². The van der Waals surface area contributed by atoms with Gasteiger partial charge in [0.15, 0.2) is 0 Å². The Morgan fingerprint density at radius 2 is 2.18 bits per heavy atom. The fraction of sp³-hybridized carbons (Fsp3) is 0.429. The average molecular weight is 252 g/mol. The number of halogens is 1. The highest BCUT2D eigenvalue weighted by Crippen LogP contribution is 2.34. The van der Waals surface area contributed by atoms with E-state index in [0.717, 1.165) is 18.7 Å². The van der Waals surface area contributed by atoms with Crippen LogP contribution in [0.15, 0.2) is 34.9 Å². The lowest BCUT2D eigenvalue weighted by Gasteiger charge is -2.30. The summed E-state index contributed by atoms with van der Waals surface area (Å²) in [5.74, 6) is 1.37. The summed E-state index contributed by atoms with van der Waals surface area (Å²) in [5.41, 5.74) is 2.48. The van der Waals surface area contributed by atoms with Crippen LogP contribution >= 0.6 is 12.4 Å². The largest absolute Gasteiger partial charge is 0.464 e. The predicted octanol–water partition coefficient (Wildman–Crippen LogP) is 3.57. The molecule has 1 aliphatic rings. The quantitative estimate of drug-likeness (QED) is 0.838. The molecule has 92 valence electrons. The SMILES string of the molecule is CC1CNCCC1c1cccc2occc12.Cl. The fourth-order valence-corrected chi connectivity index (χ4v) is 2.82. The summed E-state index contributed by atoms with van der Waals surface area (Å²) in [6, 6.07) is 8.50. The lowest BCUT2D eigenvalue weighted by molar-refractivity contribution is 0.351. The minimum Gasteiger partial charge on any atom is -0.464 e. The molecule has 2 nitrogen and oxygen atoms in total. The van der Waals surface area contributed by atoms with Crippen molar-refractivity contribution < 1.29 is 4.42 Å². The third kappa shape index (κ3) is 2.20. The van der Waals surface area contributed by atoms with Crippen LogP contribution < -0.4 is 5.32 Å². The molecule has 0 radical (unpaired) electrons. The van der Waals surface area contributed by atoms with E-state index in [1.807, 2.05) is 6.07 Å². The van der Waals surface area contributed by atoms with Crippen LogP contribution in [0, 0.1) is 5.92 Å². The minimum absolute atomic E-state index is 0. The van der Waals surface area contributed by atoms with Gasteiger partial charge in [-0.15, -0.1) is 12.4 Å². The summed E-state index contributed by atoms with van der Waals surface area (Å²) in [6.45, 7) is 4.58. The summed E-state index contributed by atoms with van der Waals surface area (Å²) >= 11 is 0. The zero-order chi connectivity index (χ0) is 11.0. The van der Waals surface area contributed by atoms with E-state index in [0.29, 0.717) is 11.8 Å². The third-order valence-electron chi connectivity index (χ3n) is 3.71. The summed E-state index contributed by atoms with van der Waals surface area (Å²) in [5, 5.41) is 4.75. The zero-order valence-electron chi connectivity index (χ0n) is 9.98. The lowest BCUT2D eigenvalue weighted by atomic mass is 9.81. The molecule has 3 heteroatoms. The molecule has 2 unspecified atom stereocenters. The van der Waals surface area contributed by atoms with Gasteiger partial charge >= 0.3 is 0 Å². The molecule has 0 amide bonds. The number of benzene rings is 1. The molecule has 1 N–H and O–H groups in total. The van der Waals surface area contributed by atoms with Crippen LogP contribution in [0.5, 0.6) is 0 Å². The molecule has 0 aliphatic carbocycles. The molecule has 3 rings (SSSR count). The molecule has 0 spiro atoms. The Balaban J connectivity index is 0.00000108. The molecule has 2 aromatic rings. The monoisotopic (exact) mass is 251 g/mol. The summed E-state index contributed by atoms with van der Waals surface area (Å²) in [6.07, 6.45) is 3.02. The van der Waals surface area contributed by atoms with Gasteiger partial charge in [0.2, 0.25) is 0 Å². The van der Waals surface area contributed by atoms with Crippen LogP contribution in [0.1, 0.15) is 24.8 Å². The number of hydrogen-bond donors (Lipinski definition) is 1. The molecule has 1 fully saturated rings. The second-order valence-electron chi connectivity index (χ2n) is 4.76. The molecular formula is C14H18ClNO. The van der Waals surface area contributed by atoms with Gasteiger partial charge in [-0.05, 0) is 49.0 Å². The van der Waals surface area contributed by atoms with Crippen LogP contribution in [0.3, 0.4) is 0 Å². The second kappa shape index (κ2) is 5.11. The molecule has 1 aromatic carbocycles. The lowest BCUT2D eigenvalue weighted by Crippen LogP contribution is -2.33. The Morgan fingerprint density at radius 1 is 1.29 bits per heavy atom. The second-order valence-corrected chi connectivity index (χ2v) is 4.76. The molecule has 2 heterocycles. The number of nitrogens with one attached hydrogen (secondary N) is 1. The van der Waals surface area contributed by atoms with Gasteiger partial charge in [0, 0.05) is 5.39 Å². The first kappa shape index (κ1) is 12.5. The standard InChI is InChI=1S/C14H17NO.ClH/c1-10-9-15-7-5-11(10)12-3-2-4-14-13(12)6-8-16-14;/h2-4,6,8,10-11,15H,5,7,9H2,1H3;1H. The Morgan fingerprint density at radius 3 is 3.00 bits per heavy atom. The Kier molecular flexibility index (Phi) is 3.75. The van der Waals surface area contributed by atoms with Crippen LogP contribution in [-0.4, -0.2) is 13.1 Å². The van der Waals surface area contributed by atoms with E-state index in [4.69, 9.17) is 4.42 Å². The van der Waals surface area contributed by atoms with Crippen LogP contribution in [0.2, 0.25) is 0 Å². The first-order chi connectivity index (χ1) is 7.86. The first-order valence-corrected chi connectivity index (χ1v) is 6.03. The molecule has 1 aliphatic heterocycles. The Bertz CT molecular complexity index is 494. The van der Waals surface area contributed by atoms with Gasteiger partial charge in [-0.2, -0.15) is 0 Å². The number of piperidine rings is 1. The van der Waals surface area contributed by atoms with Crippen molar-refractivity contribution in [1.82, 2.24) is 5.32 Å². The van der Waals surface area contributed by atoms with Crippen molar-refractivity contribution in [3.05, 3.63) is 36.1 Å². The molecule has 1 saturated heterocycles. The van der Waals surface area contributed by atoms with E-state index >= 15 is 0 Å². The van der Waals surface area contributed by atoms with E-state index in [2.05, 4.69) is 30.4 Å². The molecule has 1 aromatic heterocycles.